The van der Waals surface area contributed by atoms with Crippen LogP contribution in [0.5, 0.6) is 5.75 Å². The molecule has 1 fully saturated rings. The second kappa shape index (κ2) is 12.1. The van der Waals surface area contributed by atoms with Crippen LogP contribution >= 0.6 is 0 Å². The average molecular weight is 370 g/mol. The van der Waals surface area contributed by atoms with Gasteiger partial charge in [-0.2, -0.15) is 0 Å². The molecule has 0 unspecified atom stereocenters. The number of hydrogen-bond acceptors (Lipinski definition) is 4. The van der Waals surface area contributed by atoms with Crippen molar-refractivity contribution < 1.29 is 19.7 Å². The van der Waals surface area contributed by atoms with Crippen LogP contribution in [0.3, 0.4) is 0 Å². The SMILES string of the molecule is C#C.CO.COc1ccc(Cc2cccc([C@H]3C[C@@H](O)C[C@@H](C)O3)c2)cc1. The van der Waals surface area contributed by atoms with Crippen LogP contribution in [0.15, 0.2) is 48.5 Å². The quantitative estimate of drug-likeness (QED) is 0.805. The van der Waals surface area contributed by atoms with Crippen LogP contribution in [-0.4, -0.2) is 36.6 Å². The van der Waals surface area contributed by atoms with Gasteiger partial charge in [0, 0.05) is 13.5 Å². The highest BCUT2D eigenvalue weighted by Crippen LogP contribution is 2.32. The van der Waals surface area contributed by atoms with Crippen molar-refractivity contribution in [1.29, 1.82) is 0 Å². The number of aliphatic hydroxyl groups is 2. The van der Waals surface area contributed by atoms with Crippen LogP contribution < -0.4 is 4.74 Å². The molecule has 0 amide bonds. The Balaban J connectivity index is 0.000000855. The highest BCUT2D eigenvalue weighted by atomic mass is 16.5. The van der Waals surface area contributed by atoms with Crippen molar-refractivity contribution in [3.05, 3.63) is 65.2 Å². The Morgan fingerprint density at radius 2 is 1.70 bits per heavy atom. The Morgan fingerprint density at radius 3 is 2.30 bits per heavy atom. The number of ether oxygens (including phenoxy) is 2. The summed E-state index contributed by atoms with van der Waals surface area (Å²) in [5, 5.41) is 17.0. The van der Waals surface area contributed by atoms with Gasteiger partial charge in [0.2, 0.25) is 0 Å². The topological polar surface area (TPSA) is 58.9 Å². The number of hydrogen-bond donors (Lipinski definition) is 2. The Bertz CT molecular complexity index is 668. The molecule has 2 N–H and O–H groups in total. The summed E-state index contributed by atoms with van der Waals surface area (Å²) >= 11 is 0. The molecule has 27 heavy (non-hydrogen) atoms. The van der Waals surface area contributed by atoms with E-state index in [1.54, 1.807) is 7.11 Å². The Labute approximate surface area is 162 Å². The molecule has 0 bridgehead atoms. The van der Waals surface area contributed by atoms with Gasteiger partial charge in [0.05, 0.1) is 25.4 Å². The third-order valence-electron chi connectivity index (χ3n) is 4.38. The van der Waals surface area contributed by atoms with Crippen LogP contribution in [0, 0.1) is 12.8 Å². The Kier molecular flexibility index (Phi) is 10.2. The predicted octanol–water partition coefficient (Wildman–Crippen LogP) is 3.74. The van der Waals surface area contributed by atoms with E-state index in [4.69, 9.17) is 14.6 Å². The molecule has 0 saturated carbocycles. The lowest BCUT2D eigenvalue weighted by atomic mass is 9.94. The first-order valence-electron chi connectivity index (χ1n) is 8.97. The number of methoxy groups -OCH3 is 1. The monoisotopic (exact) mass is 370 g/mol. The minimum Gasteiger partial charge on any atom is -0.497 e. The number of terminal acetylenes is 1. The summed E-state index contributed by atoms with van der Waals surface area (Å²) in [6, 6.07) is 16.7. The maximum absolute atomic E-state index is 9.97. The van der Waals surface area contributed by atoms with Crippen molar-refractivity contribution in [2.24, 2.45) is 0 Å². The molecule has 0 spiro atoms. The van der Waals surface area contributed by atoms with Gasteiger partial charge in [0.1, 0.15) is 5.75 Å². The van der Waals surface area contributed by atoms with E-state index in [1.165, 1.54) is 11.1 Å². The van der Waals surface area contributed by atoms with Gasteiger partial charge in [-0.05, 0) is 48.6 Å². The van der Waals surface area contributed by atoms with Crippen molar-refractivity contribution >= 4 is 0 Å². The van der Waals surface area contributed by atoms with E-state index in [2.05, 4.69) is 49.2 Å². The fourth-order valence-electron chi connectivity index (χ4n) is 3.22. The Hall–Kier alpha value is -2.32. The molecule has 0 radical (unpaired) electrons. The van der Waals surface area contributed by atoms with Gasteiger partial charge >= 0.3 is 0 Å². The molecule has 1 saturated heterocycles. The summed E-state index contributed by atoms with van der Waals surface area (Å²) in [6.07, 6.45) is 10.1. The minimum absolute atomic E-state index is 0.00966. The second-order valence-electron chi connectivity index (χ2n) is 6.33. The first kappa shape index (κ1) is 22.7. The normalized spacial score (nSPS) is 21.1. The van der Waals surface area contributed by atoms with E-state index in [1.807, 2.05) is 19.1 Å². The van der Waals surface area contributed by atoms with Crippen molar-refractivity contribution in [2.45, 2.75) is 44.5 Å². The molecule has 2 aromatic rings. The lowest BCUT2D eigenvalue weighted by Gasteiger charge is -2.31. The van der Waals surface area contributed by atoms with Crippen molar-refractivity contribution in [2.75, 3.05) is 14.2 Å². The first-order chi connectivity index (χ1) is 13.1. The molecule has 1 heterocycles. The molecular formula is C23H30O4. The van der Waals surface area contributed by atoms with Gasteiger partial charge in [-0.1, -0.05) is 36.4 Å². The zero-order chi connectivity index (χ0) is 20.2. The highest BCUT2D eigenvalue weighted by Gasteiger charge is 2.26. The number of benzene rings is 2. The number of aliphatic hydroxyl groups excluding tert-OH is 2. The van der Waals surface area contributed by atoms with Crippen LogP contribution in [0.1, 0.15) is 42.6 Å². The maximum atomic E-state index is 9.97. The number of rotatable bonds is 4. The van der Waals surface area contributed by atoms with Crippen molar-refractivity contribution in [3.63, 3.8) is 0 Å². The van der Waals surface area contributed by atoms with Crippen LogP contribution in [0.4, 0.5) is 0 Å². The molecule has 146 valence electrons. The average Bonchev–Trinajstić information content (AvgIpc) is 2.71. The van der Waals surface area contributed by atoms with E-state index in [0.29, 0.717) is 6.42 Å². The van der Waals surface area contributed by atoms with Crippen molar-refractivity contribution in [1.82, 2.24) is 0 Å². The van der Waals surface area contributed by atoms with E-state index >= 15 is 0 Å². The molecule has 4 heteroatoms. The molecule has 3 atom stereocenters. The zero-order valence-corrected chi connectivity index (χ0v) is 16.3. The largest absolute Gasteiger partial charge is 0.497 e. The molecule has 3 rings (SSSR count). The summed E-state index contributed by atoms with van der Waals surface area (Å²) < 4.78 is 11.2. The fourth-order valence-corrected chi connectivity index (χ4v) is 3.22. The molecule has 4 nitrogen and oxygen atoms in total. The van der Waals surface area contributed by atoms with Crippen LogP contribution in [0.25, 0.3) is 0 Å². The van der Waals surface area contributed by atoms with Crippen molar-refractivity contribution in [3.8, 4) is 18.6 Å². The smallest absolute Gasteiger partial charge is 0.118 e. The molecule has 2 aromatic carbocycles. The Morgan fingerprint density at radius 1 is 1.04 bits per heavy atom. The van der Waals surface area contributed by atoms with E-state index < -0.39 is 0 Å². The summed E-state index contributed by atoms with van der Waals surface area (Å²) in [7, 11) is 2.68. The van der Waals surface area contributed by atoms with E-state index in [9.17, 15) is 5.11 Å². The summed E-state index contributed by atoms with van der Waals surface area (Å²) in [5.74, 6) is 0.876. The van der Waals surface area contributed by atoms with Gasteiger partial charge in [-0.3, -0.25) is 0 Å². The highest BCUT2D eigenvalue weighted by molar-refractivity contribution is 5.33. The molecule has 1 aliphatic rings. The van der Waals surface area contributed by atoms with Gasteiger partial charge in [-0.25, -0.2) is 0 Å². The maximum Gasteiger partial charge on any atom is 0.118 e. The zero-order valence-electron chi connectivity index (χ0n) is 16.3. The molecular weight excluding hydrogens is 340 g/mol. The van der Waals surface area contributed by atoms with Gasteiger partial charge < -0.3 is 19.7 Å². The minimum atomic E-state index is -0.269. The molecule has 1 aliphatic heterocycles. The lowest BCUT2D eigenvalue weighted by Crippen LogP contribution is -2.29. The third kappa shape index (κ3) is 7.07. The van der Waals surface area contributed by atoms with E-state index in [0.717, 1.165) is 31.3 Å². The third-order valence-corrected chi connectivity index (χ3v) is 4.38. The van der Waals surface area contributed by atoms with Gasteiger partial charge in [0.15, 0.2) is 0 Å². The second-order valence-corrected chi connectivity index (χ2v) is 6.33. The van der Waals surface area contributed by atoms with Gasteiger partial charge in [-0.15, -0.1) is 12.8 Å². The standard InChI is InChI=1S/C20H24O3.C2H2.CH4O/c1-14-10-18(21)13-20(23-14)17-5-3-4-16(12-17)11-15-6-8-19(22-2)9-7-15;2*1-2/h3-9,12,14,18,20-21H,10-11,13H2,1-2H3;1-2H;2H,1H3/t14-,18+,20-;;/m1../s1. The van der Waals surface area contributed by atoms with Crippen LogP contribution in [-0.2, 0) is 11.2 Å². The summed E-state index contributed by atoms with van der Waals surface area (Å²) in [5.41, 5.74) is 3.66. The fraction of sp³-hybridized carbons (Fsp3) is 0.391. The molecule has 0 aliphatic carbocycles. The van der Waals surface area contributed by atoms with E-state index in [-0.39, 0.29) is 18.3 Å². The predicted molar refractivity (Wildman–Crippen MR) is 109 cm³/mol. The van der Waals surface area contributed by atoms with Crippen LogP contribution in [0.2, 0.25) is 0 Å². The summed E-state index contributed by atoms with van der Waals surface area (Å²) in [6.45, 7) is 2.02. The summed E-state index contributed by atoms with van der Waals surface area (Å²) in [4.78, 5) is 0. The van der Waals surface area contributed by atoms with Gasteiger partial charge in [0.25, 0.3) is 0 Å². The molecule has 0 aromatic heterocycles. The lowest BCUT2D eigenvalue weighted by molar-refractivity contribution is -0.0895. The first-order valence-corrected chi connectivity index (χ1v) is 8.97.